The van der Waals surface area contributed by atoms with Crippen molar-refractivity contribution in [3.63, 3.8) is 0 Å². The molecular weight excluding hydrogens is 338 g/mol. The first-order valence-electron chi connectivity index (χ1n) is 9.74. The van der Waals surface area contributed by atoms with Gasteiger partial charge in [0.25, 0.3) is 0 Å². The van der Waals surface area contributed by atoms with Gasteiger partial charge >= 0.3 is 0 Å². The van der Waals surface area contributed by atoms with Gasteiger partial charge in [-0.15, -0.1) is 0 Å². The Morgan fingerprint density at radius 2 is 1.32 bits per heavy atom. The molecular formula is C27H25N. The van der Waals surface area contributed by atoms with Crippen LogP contribution in [0, 0.1) is 6.92 Å². The van der Waals surface area contributed by atoms with Crippen molar-refractivity contribution in [2.24, 2.45) is 0 Å². The summed E-state index contributed by atoms with van der Waals surface area (Å²) in [5, 5.41) is 0. The fraction of sp³-hybridized carbons (Fsp3) is 0.148. The molecule has 0 bridgehead atoms. The fourth-order valence-electron chi connectivity index (χ4n) is 3.72. The number of nitrogens with zero attached hydrogens (tertiary/aromatic N) is 1. The van der Waals surface area contributed by atoms with E-state index < -0.39 is 0 Å². The summed E-state index contributed by atoms with van der Waals surface area (Å²) in [6, 6.07) is 32.1. The van der Waals surface area contributed by atoms with Crippen LogP contribution in [0.1, 0.15) is 30.5 Å². The highest BCUT2D eigenvalue weighted by atomic mass is 14.7. The normalized spacial score (nSPS) is 11.4. The fourth-order valence-corrected chi connectivity index (χ4v) is 3.72. The molecule has 0 atom stereocenters. The largest absolute Gasteiger partial charge is 0.256 e. The number of hydrogen-bond acceptors (Lipinski definition) is 1. The summed E-state index contributed by atoms with van der Waals surface area (Å²) in [5.74, 6) is 0. The maximum Gasteiger partial charge on any atom is 0.0702 e. The van der Waals surface area contributed by atoms with Crippen molar-refractivity contribution in [2.45, 2.75) is 26.2 Å². The van der Waals surface area contributed by atoms with Crippen LogP contribution in [0.15, 0.2) is 97.2 Å². The third kappa shape index (κ3) is 3.48. The lowest BCUT2D eigenvalue weighted by atomic mass is 9.79. The van der Waals surface area contributed by atoms with Gasteiger partial charge in [-0.05, 0) is 46.9 Å². The molecule has 4 aromatic rings. The number of benzene rings is 3. The summed E-state index contributed by atoms with van der Waals surface area (Å²) in [6.45, 7) is 6.66. The first-order chi connectivity index (χ1) is 13.6. The summed E-state index contributed by atoms with van der Waals surface area (Å²) < 4.78 is 0. The molecule has 0 aliphatic heterocycles. The Morgan fingerprint density at radius 3 is 1.93 bits per heavy atom. The zero-order valence-electron chi connectivity index (χ0n) is 16.7. The summed E-state index contributed by atoms with van der Waals surface area (Å²) in [7, 11) is 0. The molecule has 0 fully saturated rings. The van der Waals surface area contributed by atoms with Crippen LogP contribution in [-0.4, -0.2) is 4.98 Å². The lowest BCUT2D eigenvalue weighted by molar-refractivity contribution is 0.638. The zero-order valence-corrected chi connectivity index (χ0v) is 16.7. The van der Waals surface area contributed by atoms with E-state index in [0.717, 1.165) is 11.3 Å². The first kappa shape index (κ1) is 18.2. The molecule has 3 aromatic carbocycles. The van der Waals surface area contributed by atoms with Gasteiger partial charge in [0.1, 0.15) is 0 Å². The molecule has 4 rings (SSSR count). The van der Waals surface area contributed by atoms with Crippen molar-refractivity contribution in [3.05, 3.63) is 114 Å². The highest BCUT2D eigenvalue weighted by Gasteiger charge is 2.23. The number of pyridine rings is 1. The highest BCUT2D eigenvalue weighted by molar-refractivity contribution is 5.72. The molecule has 0 N–H and O–H groups in total. The van der Waals surface area contributed by atoms with Crippen LogP contribution >= 0.6 is 0 Å². The molecule has 1 aromatic heterocycles. The van der Waals surface area contributed by atoms with Crippen LogP contribution in [0.3, 0.4) is 0 Å². The second-order valence-corrected chi connectivity index (χ2v) is 7.82. The average Bonchev–Trinajstić information content (AvgIpc) is 2.75. The molecule has 0 amide bonds. The first-order valence-corrected chi connectivity index (χ1v) is 9.74. The van der Waals surface area contributed by atoms with Gasteiger partial charge in [-0.2, -0.15) is 0 Å². The summed E-state index contributed by atoms with van der Waals surface area (Å²) in [6.07, 6.45) is 2.02. The SMILES string of the molecule is Cc1cc(-c2ccc(C(C)(C)c3ccccc3)cn2)ccc1-c1ccccc1. The predicted molar refractivity (Wildman–Crippen MR) is 118 cm³/mol. The van der Waals surface area contributed by atoms with Gasteiger partial charge in [-0.3, -0.25) is 4.98 Å². The van der Waals surface area contributed by atoms with E-state index >= 15 is 0 Å². The van der Waals surface area contributed by atoms with E-state index in [2.05, 4.69) is 112 Å². The van der Waals surface area contributed by atoms with Crippen molar-refractivity contribution in [2.75, 3.05) is 0 Å². The molecule has 0 saturated heterocycles. The van der Waals surface area contributed by atoms with Gasteiger partial charge < -0.3 is 0 Å². The summed E-state index contributed by atoms with van der Waals surface area (Å²) in [4.78, 5) is 4.78. The Balaban J connectivity index is 1.64. The van der Waals surface area contributed by atoms with E-state index in [1.807, 2.05) is 6.20 Å². The number of aromatic nitrogens is 1. The van der Waals surface area contributed by atoms with Crippen LogP contribution in [-0.2, 0) is 5.41 Å². The highest BCUT2D eigenvalue weighted by Crippen LogP contribution is 2.32. The van der Waals surface area contributed by atoms with E-state index in [-0.39, 0.29) is 5.41 Å². The van der Waals surface area contributed by atoms with E-state index in [1.54, 1.807) is 0 Å². The van der Waals surface area contributed by atoms with Crippen LogP contribution < -0.4 is 0 Å². The van der Waals surface area contributed by atoms with E-state index in [9.17, 15) is 0 Å². The molecule has 0 radical (unpaired) electrons. The van der Waals surface area contributed by atoms with Crippen LogP contribution in [0.2, 0.25) is 0 Å². The van der Waals surface area contributed by atoms with Gasteiger partial charge in [0.2, 0.25) is 0 Å². The van der Waals surface area contributed by atoms with Crippen LogP contribution in [0.4, 0.5) is 0 Å². The topological polar surface area (TPSA) is 12.9 Å². The van der Waals surface area contributed by atoms with Gasteiger partial charge in [-0.1, -0.05) is 92.7 Å². The maximum atomic E-state index is 4.78. The van der Waals surface area contributed by atoms with Crippen molar-refractivity contribution in [1.29, 1.82) is 0 Å². The van der Waals surface area contributed by atoms with Crippen molar-refractivity contribution in [3.8, 4) is 22.4 Å². The summed E-state index contributed by atoms with van der Waals surface area (Å²) in [5.41, 5.74) is 8.40. The minimum absolute atomic E-state index is 0.0696. The maximum absolute atomic E-state index is 4.78. The molecule has 0 spiro atoms. The predicted octanol–water partition coefficient (Wildman–Crippen LogP) is 7.05. The van der Waals surface area contributed by atoms with Gasteiger partial charge in [0.05, 0.1) is 5.69 Å². The summed E-state index contributed by atoms with van der Waals surface area (Å²) >= 11 is 0. The lowest BCUT2D eigenvalue weighted by Crippen LogP contribution is -2.18. The zero-order chi connectivity index (χ0) is 19.6. The molecule has 0 saturated carbocycles. The molecule has 0 unspecified atom stereocenters. The third-order valence-electron chi connectivity index (χ3n) is 5.59. The second-order valence-electron chi connectivity index (χ2n) is 7.82. The van der Waals surface area contributed by atoms with Crippen LogP contribution in [0.25, 0.3) is 22.4 Å². The van der Waals surface area contributed by atoms with Crippen molar-refractivity contribution >= 4 is 0 Å². The second kappa shape index (κ2) is 7.44. The number of hydrogen-bond donors (Lipinski definition) is 0. The molecule has 0 aliphatic carbocycles. The third-order valence-corrected chi connectivity index (χ3v) is 5.59. The van der Waals surface area contributed by atoms with Crippen molar-refractivity contribution in [1.82, 2.24) is 4.98 Å². The molecule has 0 aliphatic rings. The molecule has 138 valence electrons. The Hall–Kier alpha value is -3.19. The van der Waals surface area contributed by atoms with Gasteiger partial charge in [-0.25, -0.2) is 0 Å². The standard InChI is InChI=1S/C27H25N/c1-20-18-22(14-16-25(20)21-10-6-4-7-11-21)26-17-15-24(19-28-26)27(2,3)23-12-8-5-9-13-23/h4-19H,1-3H3. The molecule has 1 nitrogen and oxygen atoms in total. The Kier molecular flexibility index (Phi) is 4.83. The van der Waals surface area contributed by atoms with E-state index in [1.165, 1.54) is 27.8 Å². The van der Waals surface area contributed by atoms with E-state index in [4.69, 9.17) is 4.98 Å². The Morgan fingerprint density at radius 1 is 0.643 bits per heavy atom. The van der Waals surface area contributed by atoms with Crippen molar-refractivity contribution < 1.29 is 0 Å². The number of aryl methyl sites for hydroxylation is 1. The minimum atomic E-state index is -0.0696. The van der Waals surface area contributed by atoms with E-state index in [0.29, 0.717) is 0 Å². The number of rotatable bonds is 4. The minimum Gasteiger partial charge on any atom is -0.256 e. The Labute approximate surface area is 167 Å². The monoisotopic (exact) mass is 363 g/mol. The average molecular weight is 364 g/mol. The van der Waals surface area contributed by atoms with Gasteiger partial charge in [0.15, 0.2) is 0 Å². The smallest absolute Gasteiger partial charge is 0.0702 e. The van der Waals surface area contributed by atoms with Gasteiger partial charge in [0, 0.05) is 17.2 Å². The molecule has 28 heavy (non-hydrogen) atoms. The lowest BCUT2D eigenvalue weighted by Gasteiger charge is -2.25. The molecule has 1 heteroatoms. The quantitative estimate of drug-likeness (QED) is 0.378. The Bertz CT molecular complexity index is 1060. The molecule has 1 heterocycles. The van der Waals surface area contributed by atoms with Crippen LogP contribution in [0.5, 0.6) is 0 Å².